The predicted octanol–water partition coefficient (Wildman–Crippen LogP) is 4.53. The molecule has 0 bridgehead atoms. The molecule has 0 aliphatic heterocycles. The third-order valence-corrected chi connectivity index (χ3v) is 2.96. The van der Waals surface area contributed by atoms with E-state index in [4.69, 9.17) is 5.11 Å². The highest BCUT2D eigenvalue weighted by Gasteiger charge is 2.02. The van der Waals surface area contributed by atoms with Gasteiger partial charge in [-0.1, -0.05) is 43.7 Å². The summed E-state index contributed by atoms with van der Waals surface area (Å²) in [4.78, 5) is 11.2. The first-order valence-electron chi connectivity index (χ1n) is 7.84. The third-order valence-electron chi connectivity index (χ3n) is 2.96. The lowest BCUT2D eigenvalue weighted by Crippen LogP contribution is -2.04. The molecule has 6 nitrogen and oxygen atoms in total. The van der Waals surface area contributed by atoms with Crippen LogP contribution in [0.5, 0.6) is 0 Å². The van der Waals surface area contributed by atoms with Crippen LogP contribution < -0.4 is 5.43 Å². The highest BCUT2D eigenvalue weighted by Crippen LogP contribution is 2.09. The molecule has 6 heteroatoms. The molecule has 0 radical (unpaired) electrons. The molecule has 1 rings (SSSR count). The minimum Gasteiger partial charge on any atom is -0.696 e. The number of carbonyl (C=O) groups is 1. The van der Waals surface area contributed by atoms with E-state index in [2.05, 4.69) is 29.7 Å². The lowest BCUT2D eigenvalue weighted by atomic mass is 10.2. The van der Waals surface area contributed by atoms with E-state index in [0.717, 1.165) is 19.3 Å². The van der Waals surface area contributed by atoms with Crippen molar-refractivity contribution in [2.45, 2.75) is 26.2 Å². The van der Waals surface area contributed by atoms with E-state index in [1.807, 2.05) is 12.2 Å². The average Bonchev–Trinajstić information content (AvgIpc) is 2.59. The maximum atomic E-state index is 11.5. The van der Waals surface area contributed by atoms with E-state index in [9.17, 15) is 10.0 Å². The van der Waals surface area contributed by atoms with Gasteiger partial charge in [-0.15, -0.1) is 5.43 Å². The van der Waals surface area contributed by atoms with Crippen molar-refractivity contribution in [3.63, 3.8) is 0 Å². The molecule has 0 spiro atoms. The second-order valence-corrected chi connectivity index (χ2v) is 4.98. The zero-order valence-electron chi connectivity index (χ0n) is 13.8. The maximum Gasteiger partial charge on any atom is 0.335 e. The summed E-state index contributed by atoms with van der Waals surface area (Å²) in [5, 5.41) is 23.9. The monoisotopic (exact) mass is 329 g/mol. The predicted molar refractivity (Wildman–Crippen MR) is 94.9 cm³/mol. The van der Waals surface area contributed by atoms with Gasteiger partial charge in [0.1, 0.15) is 12.2 Å². The number of hydrogen-bond donors (Lipinski definition) is 2. The molecule has 2 N–H and O–H groups in total. The summed E-state index contributed by atoms with van der Waals surface area (Å²) >= 11 is 0. The SMILES string of the molecule is CCC/C=C/C/C=C/C=C/C[N+]([O-])=NNc1ccc(C(=O)O)cc1. The van der Waals surface area contributed by atoms with Crippen molar-refractivity contribution in [1.29, 1.82) is 0 Å². The van der Waals surface area contributed by atoms with Gasteiger partial charge in [-0.05, 0) is 43.2 Å². The molecular weight excluding hydrogens is 306 g/mol. The van der Waals surface area contributed by atoms with Crippen molar-refractivity contribution in [3.8, 4) is 0 Å². The summed E-state index contributed by atoms with van der Waals surface area (Å²) in [5.41, 5.74) is 3.30. The fourth-order valence-corrected chi connectivity index (χ4v) is 1.69. The van der Waals surface area contributed by atoms with Crippen molar-refractivity contribution < 1.29 is 14.8 Å². The Balaban J connectivity index is 2.32. The molecule has 1 aromatic rings. The maximum absolute atomic E-state index is 11.5. The molecule has 0 unspecified atom stereocenters. The van der Waals surface area contributed by atoms with E-state index in [0.29, 0.717) is 10.5 Å². The van der Waals surface area contributed by atoms with Crippen LogP contribution in [0.2, 0.25) is 0 Å². The van der Waals surface area contributed by atoms with Gasteiger partial charge in [0, 0.05) is 0 Å². The number of unbranched alkanes of at least 4 members (excludes halogenated alkanes) is 1. The van der Waals surface area contributed by atoms with Crippen LogP contribution in [0.1, 0.15) is 36.5 Å². The lowest BCUT2D eigenvalue weighted by molar-refractivity contribution is -0.518. The third kappa shape index (κ3) is 8.53. The molecule has 24 heavy (non-hydrogen) atoms. The minimum atomic E-state index is -0.997. The number of nitrogens with one attached hydrogen (secondary N) is 1. The van der Waals surface area contributed by atoms with Gasteiger partial charge in [-0.2, -0.15) is 4.86 Å². The highest BCUT2D eigenvalue weighted by molar-refractivity contribution is 5.87. The Bertz CT molecular complexity index is 617. The number of anilines is 1. The number of carboxylic acids is 1. The first-order valence-corrected chi connectivity index (χ1v) is 7.84. The number of benzene rings is 1. The quantitative estimate of drug-likeness (QED) is 0.217. The normalized spacial score (nSPS) is 12.5. The Morgan fingerprint density at radius 2 is 1.92 bits per heavy atom. The Labute approximate surface area is 142 Å². The van der Waals surface area contributed by atoms with Gasteiger partial charge in [-0.25, -0.2) is 4.79 Å². The Kier molecular flexibility index (Phi) is 9.30. The number of hydrogen-bond acceptors (Lipinski definition) is 3. The zero-order valence-corrected chi connectivity index (χ0v) is 13.8. The highest BCUT2D eigenvalue weighted by atomic mass is 16.5. The van der Waals surface area contributed by atoms with E-state index in [-0.39, 0.29) is 12.1 Å². The fraction of sp³-hybridized carbons (Fsp3) is 0.278. The summed E-state index contributed by atoms with van der Waals surface area (Å²) in [6, 6.07) is 5.97. The molecular formula is C18H23N3O3. The van der Waals surface area contributed by atoms with Crippen LogP contribution >= 0.6 is 0 Å². The van der Waals surface area contributed by atoms with Crippen LogP contribution in [-0.2, 0) is 0 Å². The van der Waals surface area contributed by atoms with Crippen LogP contribution in [0.15, 0.2) is 65.9 Å². The number of rotatable bonds is 10. The lowest BCUT2D eigenvalue weighted by Gasteiger charge is -2.02. The molecule has 0 amide bonds. The van der Waals surface area contributed by atoms with Crippen molar-refractivity contribution in [1.82, 2.24) is 0 Å². The van der Waals surface area contributed by atoms with Crippen LogP contribution in [0.25, 0.3) is 0 Å². The number of hydroxylamine groups is 1. The summed E-state index contributed by atoms with van der Waals surface area (Å²) in [6.07, 6.45) is 14.8. The minimum absolute atomic E-state index is 0.121. The first-order chi connectivity index (χ1) is 11.6. The van der Waals surface area contributed by atoms with Gasteiger partial charge >= 0.3 is 5.97 Å². The molecule has 0 saturated carbocycles. The van der Waals surface area contributed by atoms with Crippen LogP contribution in [0, 0.1) is 5.21 Å². The van der Waals surface area contributed by atoms with Gasteiger partial charge in [0.15, 0.2) is 0 Å². The summed E-state index contributed by atoms with van der Waals surface area (Å²) < 4.78 is 0. The summed E-state index contributed by atoms with van der Waals surface area (Å²) in [6.45, 7) is 2.26. The van der Waals surface area contributed by atoms with Gasteiger partial charge in [0.25, 0.3) is 0 Å². The Hall–Kier alpha value is -2.89. The molecule has 0 fully saturated rings. The van der Waals surface area contributed by atoms with Gasteiger partial charge in [0.05, 0.1) is 10.8 Å². The Morgan fingerprint density at radius 1 is 1.21 bits per heavy atom. The summed E-state index contributed by atoms with van der Waals surface area (Å²) in [7, 11) is 0. The van der Waals surface area contributed by atoms with Gasteiger partial charge in [0.2, 0.25) is 0 Å². The number of aromatic carboxylic acids is 1. The van der Waals surface area contributed by atoms with Crippen LogP contribution in [0.3, 0.4) is 0 Å². The molecule has 0 aliphatic rings. The van der Waals surface area contributed by atoms with Gasteiger partial charge < -0.3 is 10.3 Å². The number of nitrogens with zero attached hydrogens (tertiary/aromatic N) is 2. The van der Waals surface area contributed by atoms with E-state index >= 15 is 0 Å². The number of carboxylic acid groups (broad SMARTS) is 1. The molecule has 1 aromatic carbocycles. The molecule has 0 heterocycles. The standard InChI is InChI=1S/C18H23N3O3/c1-2-3-4-5-6-7-8-9-10-15-21(24)20-19-17-13-11-16(12-14-17)18(22)23/h4-5,7-14,19H,2-3,6,15H2,1H3,(H,22,23)/b5-4+,8-7+,10-9+,21-20?. The number of allylic oxidation sites excluding steroid dienone is 5. The topological polar surface area (TPSA) is 87.8 Å². The van der Waals surface area contributed by atoms with Crippen molar-refractivity contribution in [2.75, 3.05) is 12.0 Å². The van der Waals surface area contributed by atoms with Gasteiger partial charge in [-0.3, -0.25) is 0 Å². The first kappa shape index (κ1) is 19.2. The second kappa shape index (κ2) is 11.6. The van der Waals surface area contributed by atoms with Crippen LogP contribution in [-0.4, -0.2) is 22.5 Å². The molecule has 0 atom stereocenters. The van der Waals surface area contributed by atoms with Crippen molar-refractivity contribution in [2.24, 2.45) is 5.22 Å². The molecule has 0 aromatic heterocycles. The summed E-state index contributed by atoms with van der Waals surface area (Å²) in [5.74, 6) is -0.997. The largest absolute Gasteiger partial charge is 0.696 e. The van der Waals surface area contributed by atoms with E-state index < -0.39 is 5.97 Å². The molecule has 0 saturated heterocycles. The van der Waals surface area contributed by atoms with E-state index in [1.54, 1.807) is 24.3 Å². The fourth-order valence-electron chi connectivity index (χ4n) is 1.69. The Morgan fingerprint density at radius 3 is 2.58 bits per heavy atom. The smallest absolute Gasteiger partial charge is 0.335 e. The second-order valence-electron chi connectivity index (χ2n) is 4.98. The zero-order chi connectivity index (χ0) is 17.6. The molecule has 128 valence electrons. The molecule has 0 aliphatic carbocycles. The van der Waals surface area contributed by atoms with E-state index in [1.165, 1.54) is 12.1 Å². The van der Waals surface area contributed by atoms with Crippen molar-refractivity contribution >= 4 is 11.7 Å². The average molecular weight is 329 g/mol. The van der Waals surface area contributed by atoms with Crippen LogP contribution in [0.4, 0.5) is 5.69 Å². The van der Waals surface area contributed by atoms with Crippen molar-refractivity contribution in [3.05, 3.63) is 71.5 Å².